The molecule has 3 heterocycles. The number of piperazine rings is 1. The van der Waals surface area contributed by atoms with Crippen molar-refractivity contribution in [2.45, 2.75) is 31.1 Å². The fourth-order valence-corrected chi connectivity index (χ4v) is 4.26. The molecular formula is C21H22F2N6O. The SMILES string of the molecule is N#Cc1ccc(N2C3CCC2CN(C(=O)CN[C@H](N)c2ccc(F)cc2F)C3)nc1. The van der Waals surface area contributed by atoms with Crippen LogP contribution < -0.4 is 16.0 Å². The number of hydrogen-bond donors (Lipinski definition) is 2. The van der Waals surface area contributed by atoms with E-state index in [4.69, 9.17) is 11.0 Å². The number of fused-ring (bicyclic) bond motifs is 2. The molecule has 3 atom stereocenters. The quantitative estimate of drug-likeness (QED) is 0.725. The lowest BCUT2D eigenvalue weighted by atomic mass is 10.1. The number of amides is 1. The van der Waals surface area contributed by atoms with Gasteiger partial charge in [0.05, 0.1) is 18.3 Å². The lowest BCUT2D eigenvalue weighted by molar-refractivity contribution is -0.131. The highest BCUT2D eigenvalue weighted by Crippen LogP contribution is 2.33. The highest BCUT2D eigenvalue weighted by Gasteiger charge is 2.41. The third kappa shape index (κ3) is 3.97. The number of likely N-dealkylation sites (tertiary alicyclic amines) is 1. The number of rotatable bonds is 5. The zero-order valence-electron chi connectivity index (χ0n) is 16.3. The normalized spacial score (nSPS) is 21.4. The van der Waals surface area contributed by atoms with E-state index >= 15 is 0 Å². The summed E-state index contributed by atoms with van der Waals surface area (Å²) >= 11 is 0. The predicted octanol–water partition coefficient (Wildman–Crippen LogP) is 1.66. The van der Waals surface area contributed by atoms with Crippen LogP contribution in [0, 0.1) is 23.0 Å². The second-order valence-electron chi connectivity index (χ2n) is 7.63. The molecule has 2 aliphatic heterocycles. The Kier molecular flexibility index (Phi) is 5.61. The van der Waals surface area contributed by atoms with E-state index in [2.05, 4.69) is 21.3 Å². The molecule has 156 valence electrons. The topological polar surface area (TPSA) is 98.3 Å². The third-order valence-corrected chi connectivity index (χ3v) is 5.75. The molecule has 2 fully saturated rings. The van der Waals surface area contributed by atoms with E-state index in [0.29, 0.717) is 18.7 Å². The van der Waals surface area contributed by atoms with Gasteiger partial charge in [0.2, 0.25) is 5.91 Å². The summed E-state index contributed by atoms with van der Waals surface area (Å²) < 4.78 is 26.9. The van der Waals surface area contributed by atoms with E-state index in [0.717, 1.165) is 30.8 Å². The molecule has 2 aliphatic rings. The molecule has 7 nitrogen and oxygen atoms in total. The minimum absolute atomic E-state index is 0.0352. The number of pyridine rings is 1. The van der Waals surface area contributed by atoms with E-state index in [1.165, 1.54) is 6.07 Å². The molecule has 9 heteroatoms. The molecule has 2 unspecified atom stereocenters. The van der Waals surface area contributed by atoms with Crippen LogP contribution >= 0.6 is 0 Å². The monoisotopic (exact) mass is 412 g/mol. The summed E-state index contributed by atoms with van der Waals surface area (Å²) in [7, 11) is 0. The van der Waals surface area contributed by atoms with Crippen molar-refractivity contribution in [3.05, 3.63) is 59.3 Å². The molecule has 1 amide bonds. The standard InChI is InChI=1S/C21H22F2N6O/c22-14-2-5-17(18(23)7-14)21(25)27-10-20(30)28-11-15-3-4-16(12-28)29(15)19-6-1-13(8-24)9-26-19/h1-2,5-7,9,15-16,21,27H,3-4,10-12,25H2/t15?,16?,21-/m0/s1. The number of nitriles is 1. The average molecular weight is 412 g/mol. The van der Waals surface area contributed by atoms with Crippen molar-refractivity contribution in [2.24, 2.45) is 5.73 Å². The molecule has 1 aromatic carbocycles. The minimum Gasteiger partial charge on any atom is -0.347 e. The Morgan fingerprint density at radius 3 is 2.60 bits per heavy atom. The molecule has 0 radical (unpaired) electrons. The summed E-state index contributed by atoms with van der Waals surface area (Å²) in [6, 6.07) is 9.17. The van der Waals surface area contributed by atoms with Crippen LogP contribution in [-0.4, -0.2) is 47.5 Å². The Bertz CT molecular complexity index is 962. The fourth-order valence-electron chi connectivity index (χ4n) is 4.26. The van der Waals surface area contributed by atoms with Gasteiger partial charge >= 0.3 is 0 Å². The van der Waals surface area contributed by atoms with Crippen molar-refractivity contribution in [3.8, 4) is 6.07 Å². The minimum atomic E-state index is -0.907. The van der Waals surface area contributed by atoms with Gasteiger partial charge in [0.25, 0.3) is 0 Å². The van der Waals surface area contributed by atoms with Crippen molar-refractivity contribution >= 4 is 11.7 Å². The predicted molar refractivity (Wildman–Crippen MR) is 106 cm³/mol. The Hall–Kier alpha value is -3.09. The molecular weight excluding hydrogens is 390 g/mol. The first-order valence-electron chi connectivity index (χ1n) is 9.82. The van der Waals surface area contributed by atoms with Crippen molar-refractivity contribution in [3.63, 3.8) is 0 Å². The second-order valence-corrected chi connectivity index (χ2v) is 7.63. The largest absolute Gasteiger partial charge is 0.347 e. The van der Waals surface area contributed by atoms with Gasteiger partial charge in [-0.15, -0.1) is 0 Å². The molecule has 4 rings (SSSR count). The maximum absolute atomic E-state index is 13.9. The fraction of sp³-hybridized carbons (Fsp3) is 0.381. The average Bonchev–Trinajstić information content (AvgIpc) is 3.00. The van der Waals surface area contributed by atoms with Crippen LogP contribution in [0.1, 0.15) is 30.1 Å². The van der Waals surface area contributed by atoms with Crippen LogP contribution in [0.25, 0.3) is 0 Å². The molecule has 0 spiro atoms. The van der Waals surface area contributed by atoms with Crippen LogP contribution in [0.3, 0.4) is 0 Å². The van der Waals surface area contributed by atoms with Crippen molar-refractivity contribution < 1.29 is 13.6 Å². The first-order valence-corrected chi connectivity index (χ1v) is 9.82. The maximum atomic E-state index is 13.9. The number of carbonyl (C=O) groups excluding carboxylic acids is 1. The smallest absolute Gasteiger partial charge is 0.236 e. The summed E-state index contributed by atoms with van der Waals surface area (Å²) in [5, 5.41) is 11.8. The first kappa shape index (κ1) is 20.2. The Balaban J connectivity index is 1.36. The Morgan fingerprint density at radius 2 is 2.00 bits per heavy atom. The van der Waals surface area contributed by atoms with Gasteiger partial charge in [-0.2, -0.15) is 5.26 Å². The maximum Gasteiger partial charge on any atom is 0.236 e. The Morgan fingerprint density at radius 1 is 1.27 bits per heavy atom. The number of benzene rings is 1. The van der Waals surface area contributed by atoms with Gasteiger partial charge in [-0.25, -0.2) is 13.8 Å². The van der Waals surface area contributed by atoms with Gasteiger partial charge in [-0.05, 0) is 31.0 Å². The van der Waals surface area contributed by atoms with Gasteiger partial charge in [-0.1, -0.05) is 6.07 Å². The number of nitrogens with one attached hydrogen (secondary N) is 1. The third-order valence-electron chi connectivity index (χ3n) is 5.75. The van der Waals surface area contributed by atoms with Gasteiger partial charge < -0.3 is 15.5 Å². The lowest BCUT2D eigenvalue weighted by Crippen LogP contribution is -2.57. The summed E-state index contributed by atoms with van der Waals surface area (Å²) in [6.07, 6.45) is 2.58. The van der Waals surface area contributed by atoms with Crippen molar-refractivity contribution in [1.29, 1.82) is 5.26 Å². The molecule has 3 N–H and O–H groups in total. The van der Waals surface area contributed by atoms with Crippen LogP contribution in [0.4, 0.5) is 14.6 Å². The molecule has 0 aliphatic carbocycles. The number of carbonyl (C=O) groups is 1. The van der Waals surface area contributed by atoms with Gasteiger partial charge in [0.15, 0.2) is 0 Å². The number of hydrogen-bond acceptors (Lipinski definition) is 6. The summed E-state index contributed by atoms with van der Waals surface area (Å²) in [5.74, 6) is -0.716. The zero-order valence-corrected chi connectivity index (χ0v) is 16.3. The molecule has 2 saturated heterocycles. The zero-order chi connectivity index (χ0) is 21.3. The van der Waals surface area contributed by atoms with Crippen LogP contribution in [0.15, 0.2) is 36.5 Å². The van der Waals surface area contributed by atoms with Gasteiger partial charge in [0, 0.05) is 43.0 Å². The summed E-state index contributed by atoms with van der Waals surface area (Å²) in [6.45, 7) is 1.10. The number of aromatic nitrogens is 1. The van der Waals surface area contributed by atoms with Gasteiger partial charge in [0.1, 0.15) is 23.5 Å². The van der Waals surface area contributed by atoms with E-state index < -0.39 is 17.8 Å². The number of nitrogens with two attached hydrogens (primary N) is 1. The first-order chi connectivity index (χ1) is 14.5. The lowest BCUT2D eigenvalue weighted by Gasteiger charge is -2.42. The highest BCUT2D eigenvalue weighted by molar-refractivity contribution is 5.79. The number of anilines is 1. The van der Waals surface area contributed by atoms with Crippen molar-refractivity contribution in [1.82, 2.24) is 15.2 Å². The van der Waals surface area contributed by atoms with E-state index in [-0.39, 0.29) is 30.1 Å². The molecule has 30 heavy (non-hydrogen) atoms. The highest BCUT2D eigenvalue weighted by atomic mass is 19.1. The molecule has 1 aromatic heterocycles. The van der Waals surface area contributed by atoms with Crippen molar-refractivity contribution in [2.75, 3.05) is 24.5 Å². The molecule has 0 saturated carbocycles. The summed E-state index contributed by atoms with van der Waals surface area (Å²) in [4.78, 5) is 21.1. The van der Waals surface area contributed by atoms with Gasteiger partial charge in [-0.3, -0.25) is 10.1 Å². The van der Waals surface area contributed by atoms with Crippen LogP contribution in [0.5, 0.6) is 0 Å². The summed E-state index contributed by atoms with van der Waals surface area (Å²) in [5.41, 5.74) is 6.55. The Labute approximate surface area is 173 Å². The molecule has 2 aromatic rings. The van der Waals surface area contributed by atoms with E-state index in [1.54, 1.807) is 17.2 Å². The van der Waals surface area contributed by atoms with Crippen LogP contribution in [-0.2, 0) is 4.79 Å². The van der Waals surface area contributed by atoms with E-state index in [9.17, 15) is 13.6 Å². The van der Waals surface area contributed by atoms with E-state index in [1.807, 2.05) is 6.07 Å². The number of halogens is 2. The van der Waals surface area contributed by atoms with Crippen LogP contribution in [0.2, 0.25) is 0 Å². The molecule has 2 bridgehead atoms. The second kappa shape index (κ2) is 8.34. The number of nitrogens with zero attached hydrogens (tertiary/aromatic N) is 4.